The van der Waals surface area contributed by atoms with E-state index in [0.29, 0.717) is 45.3 Å². The van der Waals surface area contributed by atoms with Crippen molar-refractivity contribution in [1.29, 1.82) is 0 Å². The molecular formula is C23H26F2N6O. The molecule has 3 aromatic rings. The van der Waals surface area contributed by atoms with Crippen molar-refractivity contribution in [3.8, 4) is 28.3 Å². The Hall–Kier alpha value is -3.07. The van der Waals surface area contributed by atoms with Gasteiger partial charge in [0.15, 0.2) is 0 Å². The van der Waals surface area contributed by atoms with Crippen molar-refractivity contribution in [2.24, 2.45) is 5.92 Å². The molecule has 0 radical (unpaired) electrons. The van der Waals surface area contributed by atoms with E-state index in [1.807, 2.05) is 0 Å². The van der Waals surface area contributed by atoms with Crippen molar-refractivity contribution in [1.82, 2.24) is 25.3 Å². The number of anilines is 1. The van der Waals surface area contributed by atoms with E-state index < -0.39 is 6.55 Å². The standard InChI is InChI=1S/C23H26F2N6O/c24-23(25)31-13-18(17-6-1-2-7-20(17)32)22(30-31)19-8-9-21(29-28-19)26-12-14-10-15-4-3-5-16(11-14)27-15/h1-2,6-9,13-16,23,27,32H,3-5,10-12H2,(H,26,29). The second-order valence-corrected chi connectivity index (χ2v) is 8.68. The molecule has 2 atom stereocenters. The van der Waals surface area contributed by atoms with Gasteiger partial charge in [-0.15, -0.1) is 10.2 Å². The van der Waals surface area contributed by atoms with E-state index in [2.05, 4.69) is 25.9 Å². The van der Waals surface area contributed by atoms with Gasteiger partial charge in [0.25, 0.3) is 0 Å². The number of para-hydroxylation sites is 1. The molecule has 2 bridgehead atoms. The Morgan fingerprint density at radius 3 is 2.53 bits per heavy atom. The summed E-state index contributed by atoms with van der Waals surface area (Å²) in [6, 6.07) is 11.3. The SMILES string of the molecule is Oc1ccccc1-c1cn(C(F)F)nc1-c1ccc(NCC2CC3CCCC(C2)N3)nn1. The van der Waals surface area contributed by atoms with Crippen LogP contribution < -0.4 is 10.6 Å². The Kier molecular flexibility index (Phi) is 5.73. The average molecular weight is 440 g/mol. The fourth-order valence-corrected chi connectivity index (χ4v) is 4.93. The van der Waals surface area contributed by atoms with Crippen LogP contribution in [0, 0.1) is 5.92 Å². The molecule has 0 aliphatic carbocycles. The second kappa shape index (κ2) is 8.82. The maximum Gasteiger partial charge on any atom is 0.333 e. The fraction of sp³-hybridized carbons (Fsp3) is 0.435. The number of benzene rings is 1. The molecule has 2 unspecified atom stereocenters. The number of hydrogen-bond donors (Lipinski definition) is 3. The second-order valence-electron chi connectivity index (χ2n) is 8.68. The maximum absolute atomic E-state index is 13.3. The Morgan fingerprint density at radius 2 is 1.84 bits per heavy atom. The molecule has 9 heteroatoms. The first-order chi connectivity index (χ1) is 15.6. The quantitative estimate of drug-likeness (QED) is 0.525. The summed E-state index contributed by atoms with van der Waals surface area (Å²) in [7, 11) is 0. The van der Waals surface area contributed by atoms with Gasteiger partial charge in [-0.2, -0.15) is 13.9 Å². The van der Waals surface area contributed by atoms with Crippen molar-refractivity contribution in [3.05, 3.63) is 42.6 Å². The van der Waals surface area contributed by atoms with Crippen molar-refractivity contribution in [2.45, 2.75) is 50.7 Å². The largest absolute Gasteiger partial charge is 0.507 e. The van der Waals surface area contributed by atoms with E-state index in [-0.39, 0.29) is 11.4 Å². The van der Waals surface area contributed by atoms with Gasteiger partial charge in [-0.1, -0.05) is 24.6 Å². The van der Waals surface area contributed by atoms with Crippen molar-refractivity contribution < 1.29 is 13.9 Å². The summed E-state index contributed by atoms with van der Waals surface area (Å²) in [5.74, 6) is 1.23. The number of aromatic nitrogens is 4. The maximum atomic E-state index is 13.3. The first-order valence-electron chi connectivity index (χ1n) is 11.1. The van der Waals surface area contributed by atoms with Crippen LogP contribution >= 0.6 is 0 Å². The number of phenols is 1. The molecule has 2 aliphatic heterocycles. The van der Waals surface area contributed by atoms with Gasteiger partial charge in [-0.25, -0.2) is 4.68 Å². The van der Waals surface area contributed by atoms with Gasteiger partial charge in [0.2, 0.25) is 0 Å². The summed E-state index contributed by atoms with van der Waals surface area (Å²) >= 11 is 0. The predicted octanol–water partition coefficient (Wildman–Crippen LogP) is 4.44. The fourth-order valence-electron chi connectivity index (χ4n) is 4.93. The molecule has 2 saturated heterocycles. The van der Waals surface area contributed by atoms with Crippen LogP contribution in [0.2, 0.25) is 0 Å². The summed E-state index contributed by atoms with van der Waals surface area (Å²) in [6.07, 6.45) is 7.39. The molecule has 5 rings (SSSR count). The van der Waals surface area contributed by atoms with E-state index in [4.69, 9.17) is 0 Å². The van der Waals surface area contributed by atoms with Gasteiger partial charge < -0.3 is 15.7 Å². The number of fused-ring (bicyclic) bond motifs is 2. The number of nitrogens with one attached hydrogen (secondary N) is 2. The van der Waals surface area contributed by atoms with Crippen LogP contribution in [0.3, 0.4) is 0 Å². The van der Waals surface area contributed by atoms with Gasteiger partial charge in [-0.3, -0.25) is 0 Å². The molecule has 2 fully saturated rings. The molecule has 4 heterocycles. The Bertz CT molecular complexity index is 1060. The lowest BCUT2D eigenvalue weighted by Crippen LogP contribution is -2.49. The summed E-state index contributed by atoms with van der Waals surface area (Å²) in [6.45, 7) is -1.96. The molecule has 32 heavy (non-hydrogen) atoms. The molecule has 3 N–H and O–H groups in total. The number of piperidine rings is 2. The highest BCUT2D eigenvalue weighted by molar-refractivity contribution is 5.82. The normalized spacial score (nSPS) is 22.8. The lowest BCUT2D eigenvalue weighted by molar-refractivity contribution is 0.0569. The van der Waals surface area contributed by atoms with Crippen LogP contribution in [-0.4, -0.2) is 43.7 Å². The number of halogens is 2. The first kappa shape index (κ1) is 20.8. The zero-order valence-corrected chi connectivity index (χ0v) is 17.6. The van der Waals surface area contributed by atoms with Crippen LogP contribution in [0.15, 0.2) is 42.6 Å². The van der Waals surface area contributed by atoms with Gasteiger partial charge in [0, 0.05) is 36.0 Å². The molecule has 168 valence electrons. The van der Waals surface area contributed by atoms with Crippen LogP contribution in [0.4, 0.5) is 14.6 Å². The molecule has 2 aliphatic rings. The van der Waals surface area contributed by atoms with E-state index in [0.717, 1.165) is 6.54 Å². The highest BCUT2D eigenvalue weighted by Crippen LogP contribution is 2.36. The third kappa shape index (κ3) is 4.29. The summed E-state index contributed by atoms with van der Waals surface area (Å²) in [4.78, 5) is 0. The van der Waals surface area contributed by atoms with E-state index in [1.165, 1.54) is 44.4 Å². The van der Waals surface area contributed by atoms with Gasteiger partial charge >= 0.3 is 6.55 Å². The molecule has 2 aromatic heterocycles. The minimum atomic E-state index is -2.80. The van der Waals surface area contributed by atoms with Crippen molar-refractivity contribution >= 4 is 5.82 Å². The number of phenolic OH excluding ortho intramolecular Hbond substituents is 1. The zero-order valence-electron chi connectivity index (χ0n) is 17.6. The Labute approximate surface area is 184 Å². The topological polar surface area (TPSA) is 87.9 Å². The summed E-state index contributed by atoms with van der Waals surface area (Å²) in [5, 5.41) is 29.8. The van der Waals surface area contributed by atoms with Crippen LogP contribution in [0.5, 0.6) is 5.75 Å². The third-order valence-corrected chi connectivity index (χ3v) is 6.42. The van der Waals surface area contributed by atoms with E-state index in [1.54, 1.807) is 30.3 Å². The molecular weight excluding hydrogens is 414 g/mol. The minimum Gasteiger partial charge on any atom is -0.507 e. The van der Waals surface area contributed by atoms with Crippen LogP contribution in [0.25, 0.3) is 22.5 Å². The Morgan fingerprint density at radius 1 is 1.06 bits per heavy atom. The monoisotopic (exact) mass is 440 g/mol. The molecule has 0 amide bonds. The van der Waals surface area contributed by atoms with Crippen LogP contribution in [0.1, 0.15) is 38.7 Å². The Balaban J connectivity index is 1.33. The number of rotatable bonds is 6. The minimum absolute atomic E-state index is 0.0134. The molecule has 0 saturated carbocycles. The third-order valence-electron chi connectivity index (χ3n) is 6.42. The lowest BCUT2D eigenvalue weighted by atomic mass is 9.80. The highest BCUT2D eigenvalue weighted by atomic mass is 19.3. The van der Waals surface area contributed by atoms with Crippen LogP contribution in [-0.2, 0) is 0 Å². The smallest absolute Gasteiger partial charge is 0.333 e. The molecule has 0 spiro atoms. The van der Waals surface area contributed by atoms with Gasteiger partial charge in [0.1, 0.15) is 23.0 Å². The first-order valence-corrected chi connectivity index (χ1v) is 11.1. The average Bonchev–Trinajstić information content (AvgIpc) is 3.24. The highest BCUT2D eigenvalue weighted by Gasteiger charge is 2.31. The number of hydrogen-bond acceptors (Lipinski definition) is 6. The number of aromatic hydroxyl groups is 1. The predicted molar refractivity (Wildman–Crippen MR) is 117 cm³/mol. The molecule has 7 nitrogen and oxygen atoms in total. The molecule has 1 aromatic carbocycles. The van der Waals surface area contributed by atoms with Gasteiger partial charge in [-0.05, 0) is 49.8 Å². The van der Waals surface area contributed by atoms with E-state index >= 15 is 0 Å². The van der Waals surface area contributed by atoms with Crippen molar-refractivity contribution in [3.63, 3.8) is 0 Å². The van der Waals surface area contributed by atoms with E-state index in [9.17, 15) is 13.9 Å². The van der Waals surface area contributed by atoms with Crippen molar-refractivity contribution in [2.75, 3.05) is 11.9 Å². The summed E-state index contributed by atoms with van der Waals surface area (Å²) in [5.41, 5.74) is 1.40. The number of nitrogens with zero attached hydrogens (tertiary/aromatic N) is 4. The lowest BCUT2D eigenvalue weighted by Gasteiger charge is -2.40. The van der Waals surface area contributed by atoms with Gasteiger partial charge in [0.05, 0.1) is 0 Å². The zero-order chi connectivity index (χ0) is 22.1. The number of alkyl halides is 2. The summed E-state index contributed by atoms with van der Waals surface area (Å²) < 4.78 is 27.2.